The first-order valence-corrected chi connectivity index (χ1v) is 10.4. The van der Waals surface area contributed by atoms with E-state index in [0.717, 1.165) is 23.4 Å². The molecule has 0 aliphatic carbocycles. The molecule has 0 unspecified atom stereocenters. The van der Waals surface area contributed by atoms with Crippen LogP contribution in [0.3, 0.4) is 0 Å². The van der Waals surface area contributed by atoms with Crippen LogP contribution in [0.1, 0.15) is 29.5 Å². The number of fused-ring (bicyclic) bond motifs is 1. The van der Waals surface area contributed by atoms with Gasteiger partial charge in [0.15, 0.2) is 5.76 Å². The second-order valence-electron chi connectivity index (χ2n) is 6.54. The van der Waals surface area contributed by atoms with Crippen LogP contribution in [0.2, 0.25) is 0 Å². The number of anilines is 2. The smallest absolute Gasteiger partial charge is 0.287 e. The van der Waals surface area contributed by atoms with Crippen LogP contribution in [-0.2, 0) is 16.0 Å². The highest BCUT2D eigenvalue weighted by Gasteiger charge is 2.25. The summed E-state index contributed by atoms with van der Waals surface area (Å²) in [5.41, 5.74) is 2.55. The molecule has 0 saturated heterocycles. The van der Waals surface area contributed by atoms with E-state index in [9.17, 15) is 14.4 Å². The number of carbonyl (C=O) groups is 3. The Bertz CT molecular complexity index is 866. The Kier molecular flexibility index (Phi) is 6.41. The summed E-state index contributed by atoms with van der Waals surface area (Å²) < 4.78 is 5.10. The summed E-state index contributed by atoms with van der Waals surface area (Å²) >= 11 is 1.61. The predicted octanol–water partition coefficient (Wildman–Crippen LogP) is 2.68. The van der Waals surface area contributed by atoms with E-state index in [1.54, 1.807) is 41.8 Å². The van der Waals surface area contributed by atoms with Crippen molar-refractivity contribution in [3.8, 4) is 0 Å². The minimum absolute atomic E-state index is 0.00769. The van der Waals surface area contributed by atoms with E-state index < -0.39 is 11.9 Å². The van der Waals surface area contributed by atoms with Crippen molar-refractivity contribution in [2.75, 3.05) is 28.8 Å². The summed E-state index contributed by atoms with van der Waals surface area (Å²) in [6, 6.07) is 8.01. The number of amides is 3. The zero-order valence-electron chi connectivity index (χ0n) is 15.9. The van der Waals surface area contributed by atoms with Gasteiger partial charge in [-0.1, -0.05) is 0 Å². The predicted molar refractivity (Wildman–Crippen MR) is 110 cm³/mol. The average molecular weight is 401 g/mol. The van der Waals surface area contributed by atoms with E-state index >= 15 is 0 Å². The maximum atomic E-state index is 12.8. The van der Waals surface area contributed by atoms with Crippen molar-refractivity contribution >= 4 is 40.9 Å². The number of hydrogen-bond donors (Lipinski definition) is 2. The van der Waals surface area contributed by atoms with E-state index in [1.165, 1.54) is 6.26 Å². The lowest BCUT2D eigenvalue weighted by Gasteiger charge is -2.18. The van der Waals surface area contributed by atoms with Gasteiger partial charge in [0.25, 0.3) is 5.91 Å². The van der Waals surface area contributed by atoms with Crippen molar-refractivity contribution in [1.29, 1.82) is 0 Å². The second kappa shape index (κ2) is 8.97. The Morgan fingerprint density at radius 1 is 1.29 bits per heavy atom. The Hall–Kier alpha value is -2.74. The van der Waals surface area contributed by atoms with Crippen LogP contribution < -0.4 is 15.5 Å². The Labute approximate surface area is 167 Å². The number of furan rings is 1. The molecule has 0 radical (unpaired) electrons. The summed E-state index contributed by atoms with van der Waals surface area (Å²) in [6.07, 6.45) is 4.62. The monoisotopic (exact) mass is 401 g/mol. The normalized spacial score (nSPS) is 13.7. The number of carbonyl (C=O) groups excluding carboxylic acids is 3. The number of nitrogens with zero attached hydrogens (tertiary/aromatic N) is 1. The van der Waals surface area contributed by atoms with E-state index in [-0.39, 0.29) is 17.6 Å². The van der Waals surface area contributed by atoms with Crippen LogP contribution in [0.4, 0.5) is 11.4 Å². The molecule has 8 heteroatoms. The molecule has 1 aromatic carbocycles. The molecule has 7 nitrogen and oxygen atoms in total. The maximum Gasteiger partial charge on any atom is 0.287 e. The highest BCUT2D eigenvalue weighted by molar-refractivity contribution is 7.98. The molecule has 2 aromatic rings. The molecule has 28 heavy (non-hydrogen) atoms. The number of rotatable bonds is 7. The lowest BCUT2D eigenvalue weighted by Crippen LogP contribution is -2.44. The molecular formula is C20H23N3O4S. The molecular weight excluding hydrogens is 378 g/mol. The Balaban J connectivity index is 1.69. The van der Waals surface area contributed by atoms with E-state index in [2.05, 4.69) is 10.6 Å². The first-order valence-electron chi connectivity index (χ1n) is 9.05. The molecule has 3 amide bonds. The average Bonchev–Trinajstić information content (AvgIpc) is 3.34. The van der Waals surface area contributed by atoms with Crippen molar-refractivity contribution in [2.45, 2.75) is 25.8 Å². The van der Waals surface area contributed by atoms with Crippen LogP contribution in [0.25, 0.3) is 0 Å². The summed E-state index contributed by atoms with van der Waals surface area (Å²) in [5, 5.41) is 5.62. The van der Waals surface area contributed by atoms with Crippen LogP contribution in [0.15, 0.2) is 41.0 Å². The van der Waals surface area contributed by atoms with Gasteiger partial charge in [-0.25, -0.2) is 0 Å². The van der Waals surface area contributed by atoms with Crippen molar-refractivity contribution in [2.24, 2.45) is 0 Å². The van der Waals surface area contributed by atoms with Crippen LogP contribution in [0, 0.1) is 0 Å². The fraction of sp³-hybridized carbons (Fsp3) is 0.350. The lowest BCUT2D eigenvalue weighted by molar-refractivity contribution is -0.118. The van der Waals surface area contributed by atoms with Crippen LogP contribution >= 0.6 is 11.8 Å². The topological polar surface area (TPSA) is 91.7 Å². The van der Waals surface area contributed by atoms with Gasteiger partial charge in [-0.15, -0.1) is 0 Å². The van der Waals surface area contributed by atoms with Gasteiger partial charge < -0.3 is 20.0 Å². The summed E-state index contributed by atoms with van der Waals surface area (Å²) in [5.74, 6) is 0.207. The van der Waals surface area contributed by atoms with Gasteiger partial charge in [0, 0.05) is 24.8 Å². The molecule has 0 fully saturated rings. The number of hydrogen-bond acceptors (Lipinski definition) is 5. The third kappa shape index (κ3) is 4.56. The molecule has 1 aliphatic rings. The second-order valence-corrected chi connectivity index (χ2v) is 7.52. The van der Waals surface area contributed by atoms with Crippen molar-refractivity contribution in [3.63, 3.8) is 0 Å². The summed E-state index contributed by atoms with van der Waals surface area (Å²) in [6.45, 7) is 2.19. The Morgan fingerprint density at radius 2 is 2.11 bits per heavy atom. The van der Waals surface area contributed by atoms with E-state index in [1.807, 2.05) is 18.4 Å². The minimum Gasteiger partial charge on any atom is -0.459 e. The standard InChI is InChI=1S/C20H23N3O4S/c1-13(24)23-9-7-14-12-15(5-6-17(14)23)21-19(25)16(8-11-28-2)22-20(26)18-4-3-10-27-18/h3-6,10,12,16H,7-9,11H2,1-2H3,(H,21,25)(H,22,26)/t16-/m0/s1. The molecule has 1 aromatic heterocycles. The van der Waals surface area contributed by atoms with Gasteiger partial charge in [0.1, 0.15) is 6.04 Å². The fourth-order valence-corrected chi connectivity index (χ4v) is 3.65. The minimum atomic E-state index is -0.674. The molecule has 1 atom stereocenters. The largest absolute Gasteiger partial charge is 0.459 e. The maximum absolute atomic E-state index is 12.8. The lowest BCUT2D eigenvalue weighted by atomic mass is 10.1. The molecule has 3 rings (SSSR count). The van der Waals surface area contributed by atoms with Gasteiger partial charge in [0.05, 0.1) is 6.26 Å². The first-order chi connectivity index (χ1) is 13.5. The van der Waals surface area contributed by atoms with Gasteiger partial charge in [-0.05, 0) is 60.7 Å². The van der Waals surface area contributed by atoms with Crippen molar-refractivity contribution in [1.82, 2.24) is 5.32 Å². The van der Waals surface area contributed by atoms with Gasteiger partial charge >= 0.3 is 0 Å². The van der Waals surface area contributed by atoms with Gasteiger partial charge in [-0.3, -0.25) is 14.4 Å². The third-order valence-electron chi connectivity index (χ3n) is 4.60. The molecule has 148 valence electrons. The highest BCUT2D eigenvalue weighted by Crippen LogP contribution is 2.30. The number of benzene rings is 1. The molecule has 2 heterocycles. The number of nitrogens with one attached hydrogen (secondary N) is 2. The number of thioether (sulfide) groups is 1. The third-order valence-corrected chi connectivity index (χ3v) is 5.24. The fourth-order valence-electron chi connectivity index (χ4n) is 3.18. The zero-order chi connectivity index (χ0) is 20.1. The van der Waals surface area contributed by atoms with Crippen LogP contribution in [0.5, 0.6) is 0 Å². The Morgan fingerprint density at radius 3 is 2.79 bits per heavy atom. The van der Waals surface area contributed by atoms with Crippen molar-refractivity contribution < 1.29 is 18.8 Å². The highest BCUT2D eigenvalue weighted by atomic mass is 32.2. The zero-order valence-corrected chi connectivity index (χ0v) is 16.7. The van der Waals surface area contributed by atoms with E-state index in [4.69, 9.17) is 4.42 Å². The van der Waals surface area contributed by atoms with Crippen molar-refractivity contribution in [3.05, 3.63) is 47.9 Å². The molecule has 1 aliphatic heterocycles. The molecule has 0 saturated carbocycles. The summed E-state index contributed by atoms with van der Waals surface area (Å²) in [7, 11) is 0. The molecule has 0 spiro atoms. The quantitative estimate of drug-likeness (QED) is 0.744. The molecule has 0 bridgehead atoms. The summed E-state index contributed by atoms with van der Waals surface area (Å²) in [4.78, 5) is 38.4. The SMILES string of the molecule is CSCC[C@H](NC(=O)c1ccco1)C(=O)Nc1ccc2c(c1)CCN2C(C)=O. The van der Waals surface area contributed by atoms with Crippen LogP contribution in [-0.4, -0.2) is 42.3 Å². The molecule has 2 N–H and O–H groups in total. The van der Waals surface area contributed by atoms with Gasteiger partial charge in [-0.2, -0.15) is 11.8 Å². The first kappa shape index (κ1) is 20.0. The van der Waals surface area contributed by atoms with Gasteiger partial charge in [0.2, 0.25) is 11.8 Å². The van der Waals surface area contributed by atoms with E-state index in [0.29, 0.717) is 18.7 Å².